The third-order valence-corrected chi connectivity index (χ3v) is 11.6. The van der Waals surface area contributed by atoms with Gasteiger partial charge in [0, 0.05) is 53.9 Å². The summed E-state index contributed by atoms with van der Waals surface area (Å²) in [5, 5.41) is 16.2. The SMILES string of the molecule is CC(=O)NC[C@@H](C(=O)N[C@H](C(=O)OC(C)(C)C)C(C)C)C(F)(F)F.CC(=O)NC[C@@H](C(=O)N[C@H](C(=O)OC(C)(C)C)C(C)C)C(F)(F)F.CC(=O)NC[C@@H](C(=O)N[C@H](C(=O)OC(C)(C)C)C(C)C)C(F)(F)F.CC(=O)NC[C@@H](C(=O)N[C@H](C(=O)OC(C)(C)C)C(C)C)C(F)(F)F. The van der Waals surface area contributed by atoms with E-state index < -0.39 is 216 Å². The van der Waals surface area contributed by atoms with Crippen LogP contribution >= 0.6 is 0 Å². The molecule has 0 aliphatic heterocycles. The number of rotatable bonds is 24. The Bertz CT molecular complexity index is 2230. The van der Waals surface area contributed by atoms with E-state index in [9.17, 15) is 110 Å². The van der Waals surface area contributed by atoms with Crippen LogP contribution in [0.25, 0.3) is 0 Å². The summed E-state index contributed by atoms with van der Waals surface area (Å²) in [4.78, 5) is 140. The van der Waals surface area contributed by atoms with Crippen molar-refractivity contribution < 1.29 is 129 Å². The zero-order chi connectivity index (χ0) is 77.2. The van der Waals surface area contributed by atoms with Gasteiger partial charge in [-0.1, -0.05) is 55.4 Å². The Kier molecular flexibility index (Phi) is 39.5. The Balaban J connectivity index is -0.000000588. The van der Waals surface area contributed by atoms with Gasteiger partial charge in [0.1, 0.15) is 46.6 Å². The molecular weight excluding hydrogens is 1320 g/mol. The number of esters is 4. The van der Waals surface area contributed by atoms with Crippen molar-refractivity contribution in [3.63, 3.8) is 0 Å². The van der Waals surface area contributed by atoms with Crippen molar-refractivity contribution in [1.82, 2.24) is 42.5 Å². The molecule has 96 heavy (non-hydrogen) atoms. The summed E-state index contributed by atoms with van der Waals surface area (Å²) in [7, 11) is 0. The van der Waals surface area contributed by atoms with E-state index in [0.29, 0.717) is 0 Å². The molecule has 36 heteroatoms. The number of carbonyl (C=O) groups excluding carboxylic acids is 12. The van der Waals surface area contributed by atoms with E-state index in [1.54, 1.807) is 138 Å². The summed E-state index contributed by atoms with van der Waals surface area (Å²) < 4.78 is 177. The number of carbonyl (C=O) groups is 12. The molecule has 0 bridgehead atoms. The van der Waals surface area contributed by atoms with Crippen LogP contribution in [0, 0.1) is 47.3 Å². The van der Waals surface area contributed by atoms with E-state index in [4.69, 9.17) is 18.9 Å². The van der Waals surface area contributed by atoms with Gasteiger partial charge in [0.25, 0.3) is 0 Å². The lowest BCUT2D eigenvalue weighted by Gasteiger charge is -2.28. The number of halogens is 12. The quantitative estimate of drug-likeness (QED) is 0.0270. The van der Waals surface area contributed by atoms with Crippen molar-refractivity contribution in [3.05, 3.63) is 0 Å². The van der Waals surface area contributed by atoms with E-state index in [0.717, 1.165) is 27.7 Å². The molecule has 0 saturated carbocycles. The molecule has 0 aromatic rings. The maximum absolute atomic E-state index is 13.0. The zero-order valence-electron chi connectivity index (χ0n) is 58.8. The highest BCUT2D eigenvalue weighted by Crippen LogP contribution is 2.30. The Morgan fingerprint density at radius 2 is 0.396 bits per heavy atom. The van der Waals surface area contributed by atoms with Gasteiger partial charge in [-0.25, -0.2) is 19.2 Å². The van der Waals surface area contributed by atoms with Crippen molar-refractivity contribution in [1.29, 1.82) is 0 Å². The fourth-order valence-electron chi connectivity index (χ4n) is 6.88. The molecule has 0 aromatic carbocycles. The average Bonchev–Trinajstić information content (AvgIpc) is 0.894. The monoisotopic (exact) mass is 1420 g/mol. The standard InChI is InChI=1S/4C15H25F3N2O4/c4*1-8(2)11(13(23)24-14(4,5)6)20-12(22)10(15(16,17)18)7-19-9(3)21/h4*8,10-11H,7H2,1-6H3,(H,19,21)(H,20,22)/t4*10-,11-/m0000/s1. The highest BCUT2D eigenvalue weighted by atomic mass is 19.4. The second-order valence-electron chi connectivity index (χ2n) is 27.2. The van der Waals surface area contributed by atoms with Crippen molar-refractivity contribution in [2.24, 2.45) is 47.3 Å². The molecule has 0 unspecified atom stereocenters. The fraction of sp³-hybridized carbons (Fsp3) is 0.800. The number of alkyl halides is 12. The third-order valence-electron chi connectivity index (χ3n) is 11.6. The molecule has 8 atom stereocenters. The lowest BCUT2D eigenvalue weighted by molar-refractivity contribution is -0.185. The first-order valence-electron chi connectivity index (χ1n) is 30.0. The normalized spacial score (nSPS) is 14.8. The van der Waals surface area contributed by atoms with Crippen LogP contribution in [0.1, 0.15) is 166 Å². The van der Waals surface area contributed by atoms with Crippen LogP contribution in [0.4, 0.5) is 52.7 Å². The number of hydrogen-bond acceptors (Lipinski definition) is 16. The van der Waals surface area contributed by atoms with Gasteiger partial charge < -0.3 is 61.5 Å². The number of nitrogens with one attached hydrogen (secondary N) is 8. The minimum Gasteiger partial charge on any atom is -0.458 e. The van der Waals surface area contributed by atoms with Gasteiger partial charge in [0.2, 0.25) is 47.3 Å². The highest BCUT2D eigenvalue weighted by Gasteiger charge is 2.50. The third kappa shape index (κ3) is 43.8. The van der Waals surface area contributed by atoms with Gasteiger partial charge in [0.05, 0.1) is 0 Å². The summed E-state index contributed by atoms with van der Waals surface area (Å²) in [6, 6.07) is -4.89. The van der Waals surface area contributed by atoms with Crippen LogP contribution in [0.2, 0.25) is 0 Å². The van der Waals surface area contributed by atoms with Gasteiger partial charge in [0.15, 0.2) is 23.7 Å². The molecular formula is C60H100F12N8O16. The summed E-state index contributed by atoms with van der Waals surface area (Å²) in [5.74, 6) is -23.3. The molecule has 0 rings (SSSR count). The first kappa shape index (κ1) is 95.2. The Morgan fingerprint density at radius 1 is 0.271 bits per heavy atom. The smallest absolute Gasteiger partial charge is 0.402 e. The molecule has 560 valence electrons. The van der Waals surface area contributed by atoms with E-state index in [-0.39, 0.29) is 0 Å². The molecule has 0 radical (unpaired) electrons. The van der Waals surface area contributed by atoms with Crippen LogP contribution < -0.4 is 42.5 Å². The number of hydrogen-bond donors (Lipinski definition) is 8. The predicted octanol–water partition coefficient (Wildman–Crippen LogP) is 7.13. The van der Waals surface area contributed by atoms with Gasteiger partial charge in [-0.3, -0.25) is 38.4 Å². The molecule has 8 amide bonds. The zero-order valence-corrected chi connectivity index (χ0v) is 58.8. The minimum atomic E-state index is -4.86. The van der Waals surface area contributed by atoms with E-state index in [1.807, 2.05) is 21.3 Å². The van der Waals surface area contributed by atoms with Gasteiger partial charge >= 0.3 is 48.6 Å². The van der Waals surface area contributed by atoms with Gasteiger partial charge in [-0.15, -0.1) is 0 Å². The molecule has 0 heterocycles. The van der Waals surface area contributed by atoms with Gasteiger partial charge in [-0.2, -0.15) is 52.7 Å². The predicted molar refractivity (Wildman–Crippen MR) is 323 cm³/mol. The van der Waals surface area contributed by atoms with Gasteiger partial charge in [-0.05, 0) is 107 Å². The second kappa shape index (κ2) is 39.9. The molecule has 0 spiro atoms. The lowest BCUT2D eigenvalue weighted by atomic mass is 10.0. The molecule has 0 fully saturated rings. The first-order chi connectivity index (χ1) is 42.6. The maximum atomic E-state index is 13.0. The summed E-state index contributed by atoms with van der Waals surface area (Å²) in [6.45, 7) is 32.5. The molecule has 0 saturated heterocycles. The average molecular weight is 1420 g/mol. The Labute approximate surface area is 552 Å². The van der Waals surface area contributed by atoms with E-state index in [2.05, 4.69) is 21.3 Å². The maximum Gasteiger partial charge on any atom is 0.402 e. The highest BCUT2D eigenvalue weighted by molar-refractivity contribution is 5.90. The summed E-state index contributed by atoms with van der Waals surface area (Å²) in [6.07, 6.45) is -19.4. The van der Waals surface area contributed by atoms with E-state index >= 15 is 0 Å². The molecule has 0 aliphatic rings. The van der Waals surface area contributed by atoms with Crippen LogP contribution in [-0.2, 0) is 76.5 Å². The largest absolute Gasteiger partial charge is 0.458 e. The van der Waals surface area contributed by atoms with Crippen LogP contribution in [-0.4, -0.2) is 169 Å². The minimum absolute atomic E-state index is 0.474. The van der Waals surface area contributed by atoms with Crippen LogP contribution in [0.3, 0.4) is 0 Å². The molecule has 8 N–H and O–H groups in total. The summed E-state index contributed by atoms with van der Waals surface area (Å²) in [5.41, 5.74) is -3.35. The molecule has 0 aliphatic carbocycles. The van der Waals surface area contributed by atoms with Crippen LogP contribution in [0.5, 0.6) is 0 Å². The fourth-order valence-corrected chi connectivity index (χ4v) is 6.88. The Hall–Kier alpha value is -7.20. The first-order valence-corrected chi connectivity index (χ1v) is 30.0. The summed E-state index contributed by atoms with van der Waals surface area (Å²) >= 11 is 0. The number of ether oxygens (including phenoxy) is 4. The number of amides is 8. The second-order valence-corrected chi connectivity index (χ2v) is 27.2. The molecule has 0 aromatic heterocycles. The van der Waals surface area contributed by atoms with Crippen molar-refractivity contribution >= 4 is 71.1 Å². The van der Waals surface area contributed by atoms with Crippen molar-refractivity contribution in [2.75, 3.05) is 26.2 Å². The molecule has 24 nitrogen and oxygen atoms in total. The van der Waals surface area contributed by atoms with Crippen molar-refractivity contribution in [3.8, 4) is 0 Å². The van der Waals surface area contributed by atoms with E-state index in [1.165, 1.54) is 0 Å². The van der Waals surface area contributed by atoms with Crippen LogP contribution in [0.15, 0.2) is 0 Å². The topological polar surface area (TPSA) is 338 Å². The lowest BCUT2D eigenvalue weighted by Crippen LogP contribution is -2.53. The Morgan fingerprint density at radius 3 is 0.479 bits per heavy atom. The van der Waals surface area contributed by atoms with Crippen molar-refractivity contribution in [2.45, 2.75) is 237 Å².